The van der Waals surface area contributed by atoms with E-state index in [0.717, 1.165) is 24.1 Å². The largest absolute Gasteiger partial charge is 0.334 e. The lowest BCUT2D eigenvalue weighted by Crippen LogP contribution is -2.50. The smallest absolute Gasteiger partial charge is 0.223 e. The van der Waals surface area contributed by atoms with Gasteiger partial charge in [0, 0.05) is 31.4 Å². The number of aromatic nitrogens is 1. The maximum absolute atomic E-state index is 12.2. The van der Waals surface area contributed by atoms with E-state index in [9.17, 15) is 4.79 Å². The van der Waals surface area contributed by atoms with Crippen molar-refractivity contribution in [2.24, 2.45) is 11.7 Å². The molecule has 2 heterocycles. The van der Waals surface area contributed by atoms with Crippen LogP contribution in [0, 0.1) is 12.8 Å². The first-order valence-electron chi connectivity index (χ1n) is 6.96. The second-order valence-electron chi connectivity index (χ2n) is 5.82. The number of rotatable bonds is 3. The molecule has 1 amide bonds. The fraction of sp³-hybridized carbons (Fsp3) is 0.600. The van der Waals surface area contributed by atoms with Crippen molar-refractivity contribution in [1.82, 2.24) is 9.88 Å². The summed E-state index contributed by atoms with van der Waals surface area (Å²) in [5.41, 5.74) is 8.53. The minimum absolute atomic E-state index is 0.000602. The lowest BCUT2D eigenvalue weighted by Gasteiger charge is -2.41. The highest BCUT2D eigenvalue weighted by molar-refractivity contribution is 5.78. The highest BCUT2D eigenvalue weighted by Gasteiger charge is 2.35. The van der Waals surface area contributed by atoms with Crippen LogP contribution in [-0.4, -0.2) is 28.4 Å². The van der Waals surface area contributed by atoms with Crippen molar-refractivity contribution in [2.45, 2.75) is 45.7 Å². The second kappa shape index (κ2) is 5.70. The molecule has 1 saturated heterocycles. The van der Waals surface area contributed by atoms with Gasteiger partial charge >= 0.3 is 0 Å². The molecule has 1 fully saturated rings. The molecule has 0 saturated carbocycles. The SMILES string of the molecule is Cc1ccncc1C1C(N)CCC(=O)N1CC(C)C. The predicted molar refractivity (Wildman–Crippen MR) is 75.5 cm³/mol. The summed E-state index contributed by atoms with van der Waals surface area (Å²) in [6, 6.07) is 1.95. The third-order valence-electron chi connectivity index (χ3n) is 3.71. The number of nitrogens with zero attached hydrogens (tertiary/aromatic N) is 2. The van der Waals surface area contributed by atoms with E-state index in [4.69, 9.17) is 5.73 Å². The zero-order chi connectivity index (χ0) is 14.0. The van der Waals surface area contributed by atoms with E-state index < -0.39 is 0 Å². The molecule has 1 aromatic heterocycles. The maximum Gasteiger partial charge on any atom is 0.223 e. The monoisotopic (exact) mass is 261 g/mol. The molecule has 0 bridgehead atoms. The van der Waals surface area contributed by atoms with Crippen LogP contribution >= 0.6 is 0 Å². The summed E-state index contributed by atoms with van der Waals surface area (Å²) >= 11 is 0. The van der Waals surface area contributed by atoms with Crippen molar-refractivity contribution in [3.05, 3.63) is 29.6 Å². The van der Waals surface area contributed by atoms with E-state index in [-0.39, 0.29) is 18.0 Å². The van der Waals surface area contributed by atoms with E-state index in [1.54, 1.807) is 6.20 Å². The highest BCUT2D eigenvalue weighted by atomic mass is 16.2. The molecule has 2 atom stereocenters. The molecule has 0 radical (unpaired) electrons. The summed E-state index contributed by atoms with van der Waals surface area (Å²) in [5, 5.41) is 0. The van der Waals surface area contributed by atoms with Gasteiger partial charge in [0.05, 0.1) is 6.04 Å². The molecule has 19 heavy (non-hydrogen) atoms. The van der Waals surface area contributed by atoms with Crippen LogP contribution in [0.25, 0.3) is 0 Å². The predicted octanol–water partition coefficient (Wildman–Crippen LogP) is 2.04. The van der Waals surface area contributed by atoms with Crippen LogP contribution in [0.15, 0.2) is 18.5 Å². The summed E-state index contributed by atoms with van der Waals surface area (Å²) in [6.07, 6.45) is 4.95. The number of amides is 1. The fourth-order valence-corrected chi connectivity index (χ4v) is 2.77. The molecule has 0 aliphatic carbocycles. The molecule has 1 aliphatic rings. The number of pyridine rings is 1. The summed E-state index contributed by atoms with van der Waals surface area (Å²) in [7, 11) is 0. The number of hydrogen-bond acceptors (Lipinski definition) is 3. The summed E-state index contributed by atoms with van der Waals surface area (Å²) in [6.45, 7) is 7.06. The second-order valence-corrected chi connectivity index (χ2v) is 5.82. The zero-order valence-electron chi connectivity index (χ0n) is 12.0. The molecule has 2 rings (SSSR count). The first kappa shape index (κ1) is 14.0. The van der Waals surface area contributed by atoms with Crippen molar-refractivity contribution in [2.75, 3.05) is 6.54 Å². The number of nitrogens with two attached hydrogens (primary N) is 1. The highest BCUT2D eigenvalue weighted by Crippen LogP contribution is 2.32. The van der Waals surface area contributed by atoms with Gasteiger partial charge in [-0.15, -0.1) is 0 Å². The molecule has 4 heteroatoms. The van der Waals surface area contributed by atoms with Crippen molar-refractivity contribution in [3.63, 3.8) is 0 Å². The van der Waals surface area contributed by atoms with Gasteiger partial charge < -0.3 is 10.6 Å². The van der Waals surface area contributed by atoms with Crippen molar-refractivity contribution >= 4 is 5.91 Å². The Kier molecular flexibility index (Phi) is 4.20. The van der Waals surface area contributed by atoms with Gasteiger partial charge in [-0.25, -0.2) is 0 Å². The summed E-state index contributed by atoms with van der Waals surface area (Å²) in [5.74, 6) is 0.650. The van der Waals surface area contributed by atoms with Crippen LogP contribution in [0.5, 0.6) is 0 Å². The third-order valence-corrected chi connectivity index (χ3v) is 3.71. The molecule has 0 spiro atoms. The number of aryl methyl sites for hydroxylation is 1. The van der Waals surface area contributed by atoms with Gasteiger partial charge in [-0.2, -0.15) is 0 Å². The molecule has 1 aliphatic heterocycles. The number of hydrogen-bond donors (Lipinski definition) is 1. The van der Waals surface area contributed by atoms with Crippen LogP contribution in [-0.2, 0) is 4.79 Å². The van der Waals surface area contributed by atoms with Gasteiger partial charge in [-0.3, -0.25) is 9.78 Å². The van der Waals surface area contributed by atoms with Gasteiger partial charge in [0.25, 0.3) is 0 Å². The Morgan fingerprint density at radius 1 is 1.53 bits per heavy atom. The topological polar surface area (TPSA) is 59.2 Å². The Morgan fingerprint density at radius 2 is 2.26 bits per heavy atom. The Morgan fingerprint density at radius 3 is 2.89 bits per heavy atom. The van der Waals surface area contributed by atoms with Crippen LogP contribution in [0.3, 0.4) is 0 Å². The summed E-state index contributed by atoms with van der Waals surface area (Å²) in [4.78, 5) is 18.4. The van der Waals surface area contributed by atoms with E-state index in [1.165, 1.54) is 0 Å². The van der Waals surface area contributed by atoms with Gasteiger partial charge in [0.15, 0.2) is 0 Å². The Labute approximate surface area is 115 Å². The number of likely N-dealkylation sites (tertiary alicyclic amines) is 1. The number of carbonyl (C=O) groups is 1. The maximum atomic E-state index is 12.2. The molecule has 2 N–H and O–H groups in total. The quantitative estimate of drug-likeness (QED) is 0.905. The lowest BCUT2D eigenvalue weighted by atomic mass is 9.88. The van der Waals surface area contributed by atoms with Gasteiger partial charge in [-0.1, -0.05) is 13.8 Å². The van der Waals surface area contributed by atoms with Crippen molar-refractivity contribution in [1.29, 1.82) is 0 Å². The van der Waals surface area contributed by atoms with Crippen LogP contribution in [0.1, 0.15) is 43.9 Å². The summed E-state index contributed by atoms with van der Waals surface area (Å²) < 4.78 is 0. The lowest BCUT2D eigenvalue weighted by molar-refractivity contribution is -0.138. The van der Waals surface area contributed by atoms with Crippen LogP contribution in [0.2, 0.25) is 0 Å². The van der Waals surface area contributed by atoms with Crippen LogP contribution < -0.4 is 5.73 Å². The average Bonchev–Trinajstić information content (AvgIpc) is 2.35. The number of piperidine rings is 1. The van der Waals surface area contributed by atoms with Crippen molar-refractivity contribution in [3.8, 4) is 0 Å². The van der Waals surface area contributed by atoms with Crippen LogP contribution in [0.4, 0.5) is 0 Å². The first-order chi connectivity index (χ1) is 9.00. The van der Waals surface area contributed by atoms with Gasteiger partial charge in [0.1, 0.15) is 0 Å². The molecule has 1 aromatic rings. The van der Waals surface area contributed by atoms with E-state index in [2.05, 4.69) is 25.8 Å². The van der Waals surface area contributed by atoms with Gasteiger partial charge in [-0.05, 0) is 36.5 Å². The van der Waals surface area contributed by atoms with E-state index >= 15 is 0 Å². The average molecular weight is 261 g/mol. The van der Waals surface area contributed by atoms with E-state index in [0.29, 0.717) is 12.3 Å². The Bertz CT molecular complexity index is 458. The minimum atomic E-state index is -0.0302. The Hall–Kier alpha value is -1.42. The standard InChI is InChI=1S/C15H23N3O/c1-10(2)9-18-14(19)5-4-13(16)15(18)12-8-17-7-6-11(12)3/h6-8,10,13,15H,4-5,9,16H2,1-3H3. The van der Waals surface area contributed by atoms with E-state index in [1.807, 2.05) is 17.2 Å². The zero-order valence-corrected chi connectivity index (χ0v) is 12.0. The minimum Gasteiger partial charge on any atom is -0.334 e. The Balaban J connectivity index is 2.36. The molecular weight excluding hydrogens is 238 g/mol. The molecule has 104 valence electrons. The number of carbonyl (C=O) groups excluding carboxylic acids is 1. The first-order valence-corrected chi connectivity index (χ1v) is 6.96. The van der Waals surface area contributed by atoms with Gasteiger partial charge in [0.2, 0.25) is 5.91 Å². The molecule has 0 aromatic carbocycles. The molecule has 4 nitrogen and oxygen atoms in total. The molecular formula is C15H23N3O. The third kappa shape index (κ3) is 2.95. The fourth-order valence-electron chi connectivity index (χ4n) is 2.77. The normalized spacial score (nSPS) is 24.1. The van der Waals surface area contributed by atoms with Crippen molar-refractivity contribution < 1.29 is 4.79 Å². The molecule has 2 unspecified atom stereocenters.